The lowest BCUT2D eigenvalue weighted by Gasteiger charge is -2.27. The molecule has 1 saturated heterocycles. The highest BCUT2D eigenvalue weighted by Gasteiger charge is 2.26. The second-order valence-electron chi connectivity index (χ2n) is 8.05. The lowest BCUT2D eigenvalue weighted by atomic mass is 10.1. The monoisotopic (exact) mass is 389 g/mol. The van der Waals surface area contributed by atoms with Crippen molar-refractivity contribution in [2.45, 2.75) is 58.1 Å². The first-order valence-electron chi connectivity index (χ1n) is 9.83. The van der Waals surface area contributed by atoms with Gasteiger partial charge in [0.15, 0.2) is 0 Å². The van der Waals surface area contributed by atoms with Crippen LogP contribution >= 0.6 is 0 Å². The van der Waals surface area contributed by atoms with E-state index < -0.39 is 23.6 Å². The van der Waals surface area contributed by atoms with Gasteiger partial charge in [-0.25, -0.2) is 4.79 Å². The maximum Gasteiger partial charge on any atom is 0.408 e. The Morgan fingerprint density at radius 2 is 1.71 bits per heavy atom. The molecule has 1 atom stereocenters. The number of nitrogens with zero attached hydrogens (tertiary/aromatic N) is 1. The van der Waals surface area contributed by atoms with Crippen molar-refractivity contribution in [2.24, 2.45) is 0 Å². The molecular weight excluding hydrogens is 358 g/mol. The quantitative estimate of drug-likeness (QED) is 0.781. The molecule has 0 aliphatic carbocycles. The van der Waals surface area contributed by atoms with E-state index >= 15 is 0 Å². The Balaban J connectivity index is 1.97. The Morgan fingerprint density at radius 3 is 2.32 bits per heavy atom. The second-order valence-corrected chi connectivity index (χ2v) is 8.05. The van der Waals surface area contributed by atoms with Crippen molar-refractivity contribution in [1.29, 1.82) is 0 Å². The Morgan fingerprint density at radius 1 is 1.07 bits per heavy atom. The van der Waals surface area contributed by atoms with Gasteiger partial charge in [-0.05, 0) is 45.6 Å². The Bertz CT molecular complexity index is 664. The molecule has 1 aliphatic rings. The van der Waals surface area contributed by atoms with Crippen LogP contribution in [0.25, 0.3) is 0 Å². The van der Waals surface area contributed by atoms with Gasteiger partial charge in [0.25, 0.3) is 0 Å². The summed E-state index contributed by atoms with van der Waals surface area (Å²) in [5, 5.41) is 5.29. The number of likely N-dealkylation sites (tertiary alicyclic amines) is 1. The normalized spacial score (nSPS) is 15.5. The molecule has 2 N–H and O–H groups in total. The van der Waals surface area contributed by atoms with Gasteiger partial charge in [0, 0.05) is 19.5 Å². The van der Waals surface area contributed by atoms with Gasteiger partial charge in [0.05, 0.1) is 6.54 Å². The van der Waals surface area contributed by atoms with Crippen molar-refractivity contribution in [3.8, 4) is 0 Å². The van der Waals surface area contributed by atoms with E-state index in [-0.39, 0.29) is 12.5 Å². The molecule has 28 heavy (non-hydrogen) atoms. The van der Waals surface area contributed by atoms with Gasteiger partial charge in [0.2, 0.25) is 11.8 Å². The molecule has 1 aromatic rings. The van der Waals surface area contributed by atoms with Crippen LogP contribution in [0.5, 0.6) is 0 Å². The van der Waals surface area contributed by atoms with E-state index in [1.807, 2.05) is 30.3 Å². The smallest absolute Gasteiger partial charge is 0.408 e. The molecule has 7 nitrogen and oxygen atoms in total. The van der Waals surface area contributed by atoms with Crippen LogP contribution in [0, 0.1) is 0 Å². The Kier molecular flexibility index (Phi) is 7.84. The minimum absolute atomic E-state index is 0.0693. The number of benzene rings is 1. The molecule has 0 aromatic heterocycles. The van der Waals surface area contributed by atoms with Crippen LogP contribution in [0.4, 0.5) is 4.79 Å². The number of nitrogens with one attached hydrogen (secondary N) is 2. The van der Waals surface area contributed by atoms with Gasteiger partial charge in [-0.1, -0.05) is 30.3 Å². The van der Waals surface area contributed by atoms with Crippen molar-refractivity contribution >= 4 is 17.9 Å². The molecular formula is C21H31N3O4. The summed E-state index contributed by atoms with van der Waals surface area (Å²) in [5.74, 6) is -0.496. The van der Waals surface area contributed by atoms with Crippen molar-refractivity contribution in [3.63, 3.8) is 0 Å². The fourth-order valence-electron chi connectivity index (χ4n) is 3.05. The topological polar surface area (TPSA) is 87.7 Å². The van der Waals surface area contributed by atoms with Gasteiger partial charge in [0.1, 0.15) is 11.6 Å². The van der Waals surface area contributed by atoms with E-state index in [0.29, 0.717) is 6.42 Å². The molecule has 0 spiro atoms. The van der Waals surface area contributed by atoms with E-state index in [1.165, 1.54) is 0 Å². The number of piperidine rings is 1. The zero-order valence-corrected chi connectivity index (χ0v) is 17.0. The summed E-state index contributed by atoms with van der Waals surface area (Å²) in [4.78, 5) is 38.9. The molecule has 0 saturated carbocycles. The molecule has 154 valence electrons. The standard InChI is InChI=1S/C21H31N3O4/c1-21(2,3)28-20(27)23-17(14-16-10-6-4-7-11-16)19(26)22-15-18(25)24-12-8-5-9-13-24/h4,6-7,10-11,17H,5,8-9,12-15H2,1-3H3,(H,22,26)(H,23,27). The average molecular weight is 389 g/mol. The van der Waals surface area contributed by atoms with Crippen LogP contribution in [0.1, 0.15) is 45.6 Å². The average Bonchev–Trinajstić information content (AvgIpc) is 2.65. The van der Waals surface area contributed by atoms with E-state index in [9.17, 15) is 14.4 Å². The predicted molar refractivity (Wildman–Crippen MR) is 107 cm³/mol. The summed E-state index contributed by atoms with van der Waals surface area (Å²) in [5.41, 5.74) is 0.239. The number of alkyl carbamates (subject to hydrolysis) is 1. The number of ether oxygens (including phenoxy) is 1. The van der Waals surface area contributed by atoms with Crippen LogP contribution in [0.15, 0.2) is 30.3 Å². The van der Waals surface area contributed by atoms with Crippen LogP contribution in [0.2, 0.25) is 0 Å². The molecule has 7 heteroatoms. The maximum absolute atomic E-state index is 12.7. The second kappa shape index (κ2) is 10.1. The SMILES string of the molecule is CC(C)(C)OC(=O)NC(Cc1ccccc1)C(=O)NCC(=O)N1CCCCC1. The van der Waals surface area contributed by atoms with Gasteiger partial charge in [-0.3, -0.25) is 9.59 Å². The molecule has 0 bridgehead atoms. The maximum atomic E-state index is 12.7. The van der Waals surface area contributed by atoms with Crippen LogP contribution in [-0.4, -0.2) is 54.1 Å². The van der Waals surface area contributed by atoms with E-state index in [1.54, 1.807) is 25.7 Å². The summed E-state index contributed by atoms with van der Waals surface area (Å²) in [6.45, 7) is 6.68. The highest BCUT2D eigenvalue weighted by atomic mass is 16.6. The van der Waals surface area contributed by atoms with Crippen molar-refractivity contribution in [1.82, 2.24) is 15.5 Å². The summed E-state index contributed by atoms with van der Waals surface area (Å²) in [6, 6.07) is 8.57. The predicted octanol–water partition coefficient (Wildman–Crippen LogP) is 2.25. The molecule has 1 heterocycles. The fourth-order valence-corrected chi connectivity index (χ4v) is 3.05. The molecule has 0 radical (unpaired) electrons. The van der Waals surface area contributed by atoms with Gasteiger partial charge in [-0.15, -0.1) is 0 Å². The van der Waals surface area contributed by atoms with Gasteiger partial charge in [-0.2, -0.15) is 0 Å². The molecule has 1 aliphatic heterocycles. The number of hydrogen-bond acceptors (Lipinski definition) is 4. The van der Waals surface area contributed by atoms with Gasteiger partial charge >= 0.3 is 6.09 Å². The summed E-state index contributed by atoms with van der Waals surface area (Å²) < 4.78 is 5.27. The fraction of sp³-hybridized carbons (Fsp3) is 0.571. The Hall–Kier alpha value is -2.57. The van der Waals surface area contributed by atoms with Crippen molar-refractivity contribution in [3.05, 3.63) is 35.9 Å². The lowest BCUT2D eigenvalue weighted by molar-refractivity contribution is -0.134. The minimum atomic E-state index is -0.827. The number of carbonyl (C=O) groups is 3. The van der Waals surface area contributed by atoms with E-state index in [2.05, 4.69) is 10.6 Å². The van der Waals surface area contributed by atoms with Gasteiger partial charge < -0.3 is 20.3 Å². The zero-order valence-electron chi connectivity index (χ0n) is 17.0. The zero-order chi connectivity index (χ0) is 20.6. The largest absolute Gasteiger partial charge is 0.444 e. The highest BCUT2D eigenvalue weighted by Crippen LogP contribution is 2.10. The van der Waals surface area contributed by atoms with Crippen LogP contribution in [-0.2, 0) is 20.7 Å². The third-order valence-corrected chi connectivity index (χ3v) is 4.41. The number of rotatable bonds is 6. The van der Waals surface area contributed by atoms with Crippen LogP contribution < -0.4 is 10.6 Å². The molecule has 1 aromatic carbocycles. The first-order valence-corrected chi connectivity index (χ1v) is 9.83. The van der Waals surface area contributed by atoms with E-state index in [4.69, 9.17) is 4.74 Å². The lowest BCUT2D eigenvalue weighted by Crippen LogP contribution is -2.51. The number of hydrogen-bond donors (Lipinski definition) is 2. The molecule has 3 amide bonds. The van der Waals surface area contributed by atoms with Crippen molar-refractivity contribution < 1.29 is 19.1 Å². The van der Waals surface area contributed by atoms with E-state index in [0.717, 1.165) is 37.9 Å². The Labute approximate surface area is 166 Å². The third kappa shape index (κ3) is 7.58. The summed E-state index contributed by atoms with van der Waals surface area (Å²) >= 11 is 0. The highest BCUT2D eigenvalue weighted by molar-refractivity contribution is 5.89. The number of amides is 3. The molecule has 2 rings (SSSR count). The first kappa shape index (κ1) is 21.7. The number of carbonyl (C=O) groups excluding carboxylic acids is 3. The molecule has 1 unspecified atom stereocenters. The van der Waals surface area contributed by atoms with Crippen molar-refractivity contribution in [2.75, 3.05) is 19.6 Å². The third-order valence-electron chi connectivity index (χ3n) is 4.41. The summed E-state index contributed by atoms with van der Waals surface area (Å²) in [7, 11) is 0. The van der Waals surface area contributed by atoms with Crippen LogP contribution in [0.3, 0.4) is 0 Å². The summed E-state index contributed by atoms with van der Waals surface area (Å²) in [6.07, 6.45) is 2.78. The molecule has 1 fully saturated rings. The minimum Gasteiger partial charge on any atom is -0.444 e. The first-order chi connectivity index (χ1) is 13.2.